The lowest BCUT2D eigenvalue weighted by Gasteiger charge is -2.22. The summed E-state index contributed by atoms with van der Waals surface area (Å²) in [6.07, 6.45) is 1.56. The van der Waals surface area contributed by atoms with E-state index < -0.39 is 4.84 Å². The summed E-state index contributed by atoms with van der Waals surface area (Å²) in [6, 6.07) is 11.1. The minimum absolute atomic E-state index is 0.314. The second-order valence-corrected chi connectivity index (χ2v) is 5.75. The maximum Gasteiger partial charge on any atom is 0.256 e. The zero-order valence-electron chi connectivity index (χ0n) is 12.2. The van der Waals surface area contributed by atoms with Crippen LogP contribution in [0.2, 0.25) is 0 Å². The zero-order chi connectivity index (χ0) is 15.9. The molecule has 0 aliphatic rings. The van der Waals surface area contributed by atoms with Crippen molar-refractivity contribution in [1.29, 1.82) is 0 Å². The number of ether oxygens (including phenoxy) is 1. The molecule has 2 rings (SSSR count). The van der Waals surface area contributed by atoms with Crippen LogP contribution in [0.1, 0.15) is 18.2 Å². The molecular formula is C16H17Cl2NO3. The number of carbonyl (C=O) groups is 1. The Morgan fingerprint density at radius 2 is 1.95 bits per heavy atom. The van der Waals surface area contributed by atoms with E-state index in [4.69, 9.17) is 32.4 Å². The number of carbonyl (C=O) groups excluding carboxylic acids is 1. The van der Waals surface area contributed by atoms with E-state index in [1.807, 2.05) is 31.2 Å². The molecule has 0 unspecified atom stereocenters. The molecule has 0 aliphatic carbocycles. The molecule has 22 heavy (non-hydrogen) atoms. The van der Waals surface area contributed by atoms with E-state index in [9.17, 15) is 4.79 Å². The average molecular weight is 342 g/mol. The fourth-order valence-corrected chi connectivity index (χ4v) is 2.29. The largest absolute Gasteiger partial charge is 0.494 e. The monoisotopic (exact) mass is 341 g/mol. The van der Waals surface area contributed by atoms with Crippen LogP contribution in [0.5, 0.6) is 5.75 Å². The first-order chi connectivity index (χ1) is 10.6. The fourth-order valence-electron chi connectivity index (χ4n) is 2.02. The summed E-state index contributed by atoms with van der Waals surface area (Å²) >= 11 is 11.4. The number of nitrogens with zero attached hydrogens (tertiary/aromatic N) is 1. The van der Waals surface area contributed by atoms with Gasteiger partial charge >= 0.3 is 0 Å². The maximum atomic E-state index is 12.1. The van der Waals surface area contributed by atoms with Gasteiger partial charge in [-0.3, -0.25) is 4.79 Å². The van der Waals surface area contributed by atoms with Crippen molar-refractivity contribution in [1.82, 2.24) is 4.90 Å². The fraction of sp³-hybridized carbons (Fsp3) is 0.312. The smallest absolute Gasteiger partial charge is 0.256 e. The Balaban J connectivity index is 2.09. The summed E-state index contributed by atoms with van der Waals surface area (Å²) in [5.74, 6) is 1.12. The summed E-state index contributed by atoms with van der Waals surface area (Å²) in [5.41, 5.74) is 0.956. The van der Waals surface area contributed by atoms with Gasteiger partial charge in [0.25, 0.3) is 5.91 Å². The van der Waals surface area contributed by atoms with Gasteiger partial charge in [-0.2, -0.15) is 0 Å². The van der Waals surface area contributed by atoms with Gasteiger partial charge in [-0.25, -0.2) is 0 Å². The van der Waals surface area contributed by atoms with E-state index in [-0.39, 0.29) is 5.91 Å². The number of rotatable bonds is 7. The normalized spacial score (nSPS) is 10.7. The molecule has 6 heteroatoms. The van der Waals surface area contributed by atoms with Crippen LogP contribution >= 0.6 is 23.2 Å². The van der Waals surface area contributed by atoms with Crippen molar-refractivity contribution in [3.05, 3.63) is 54.0 Å². The molecule has 0 fully saturated rings. The molecule has 1 aromatic heterocycles. The predicted molar refractivity (Wildman–Crippen MR) is 86.1 cm³/mol. The lowest BCUT2D eigenvalue weighted by Crippen LogP contribution is -2.33. The molecule has 2 aromatic rings. The Hall–Kier alpha value is -1.65. The summed E-state index contributed by atoms with van der Waals surface area (Å²) in [6.45, 7) is 3.25. The number of hydrogen-bond acceptors (Lipinski definition) is 3. The Kier molecular flexibility index (Phi) is 6.16. The van der Waals surface area contributed by atoms with Crippen LogP contribution in [0.15, 0.2) is 47.1 Å². The molecule has 0 radical (unpaired) electrons. The second kappa shape index (κ2) is 8.11. The topological polar surface area (TPSA) is 42.7 Å². The van der Waals surface area contributed by atoms with Gasteiger partial charge in [0, 0.05) is 6.54 Å². The SMILES string of the molecule is CCOc1ccc(CN(Cc2ccco2)C(=O)C(Cl)Cl)cc1. The van der Waals surface area contributed by atoms with E-state index in [0.29, 0.717) is 25.5 Å². The van der Waals surface area contributed by atoms with E-state index >= 15 is 0 Å². The third-order valence-electron chi connectivity index (χ3n) is 3.03. The zero-order valence-corrected chi connectivity index (χ0v) is 13.7. The van der Waals surface area contributed by atoms with Gasteiger partial charge < -0.3 is 14.1 Å². The van der Waals surface area contributed by atoms with Gasteiger partial charge in [-0.15, -0.1) is 0 Å². The van der Waals surface area contributed by atoms with Gasteiger partial charge in [0.1, 0.15) is 11.5 Å². The molecule has 0 saturated carbocycles. The maximum absolute atomic E-state index is 12.1. The van der Waals surface area contributed by atoms with Crippen molar-refractivity contribution in [2.75, 3.05) is 6.61 Å². The summed E-state index contributed by atoms with van der Waals surface area (Å²) < 4.78 is 10.7. The lowest BCUT2D eigenvalue weighted by atomic mass is 10.2. The highest BCUT2D eigenvalue weighted by Crippen LogP contribution is 2.18. The Bertz CT molecular complexity index is 582. The van der Waals surface area contributed by atoms with E-state index in [1.165, 1.54) is 0 Å². The highest BCUT2D eigenvalue weighted by molar-refractivity contribution is 6.53. The highest BCUT2D eigenvalue weighted by Gasteiger charge is 2.21. The first-order valence-electron chi connectivity index (χ1n) is 6.91. The van der Waals surface area contributed by atoms with Crippen LogP contribution < -0.4 is 4.74 Å². The van der Waals surface area contributed by atoms with Gasteiger partial charge in [-0.1, -0.05) is 35.3 Å². The minimum Gasteiger partial charge on any atom is -0.494 e. The molecule has 0 atom stereocenters. The van der Waals surface area contributed by atoms with Crippen LogP contribution in [-0.2, 0) is 17.9 Å². The second-order valence-electron chi connectivity index (χ2n) is 4.65. The van der Waals surface area contributed by atoms with Crippen molar-refractivity contribution >= 4 is 29.1 Å². The van der Waals surface area contributed by atoms with E-state index in [0.717, 1.165) is 11.3 Å². The van der Waals surface area contributed by atoms with Crippen LogP contribution in [0.25, 0.3) is 0 Å². The molecule has 1 amide bonds. The molecule has 1 heterocycles. The van der Waals surface area contributed by atoms with Crippen molar-refractivity contribution in [2.24, 2.45) is 0 Å². The average Bonchev–Trinajstić information content (AvgIpc) is 3.01. The molecule has 0 aliphatic heterocycles. The van der Waals surface area contributed by atoms with Gasteiger partial charge in [0.2, 0.25) is 0 Å². The summed E-state index contributed by atoms with van der Waals surface area (Å²) in [5, 5.41) is 0. The number of hydrogen-bond donors (Lipinski definition) is 0. The molecule has 0 saturated heterocycles. The lowest BCUT2D eigenvalue weighted by molar-refractivity contribution is -0.130. The van der Waals surface area contributed by atoms with Crippen LogP contribution in [0.4, 0.5) is 0 Å². The molecule has 0 N–H and O–H groups in total. The van der Waals surface area contributed by atoms with Crippen molar-refractivity contribution in [2.45, 2.75) is 24.8 Å². The Labute approximate surface area is 139 Å². The number of amides is 1. The van der Waals surface area contributed by atoms with E-state index in [2.05, 4.69) is 0 Å². The molecule has 1 aromatic carbocycles. The van der Waals surface area contributed by atoms with Gasteiger partial charge in [-0.05, 0) is 36.8 Å². The Morgan fingerprint density at radius 3 is 2.50 bits per heavy atom. The van der Waals surface area contributed by atoms with Crippen molar-refractivity contribution in [3.63, 3.8) is 0 Å². The highest BCUT2D eigenvalue weighted by atomic mass is 35.5. The van der Waals surface area contributed by atoms with Crippen LogP contribution in [0, 0.1) is 0 Å². The molecule has 0 bridgehead atoms. The minimum atomic E-state index is -1.10. The number of benzene rings is 1. The first-order valence-corrected chi connectivity index (χ1v) is 7.78. The van der Waals surface area contributed by atoms with Crippen LogP contribution in [0.3, 0.4) is 0 Å². The number of alkyl halides is 2. The molecule has 4 nitrogen and oxygen atoms in total. The standard InChI is InChI=1S/C16H17Cl2NO3/c1-2-21-13-7-5-12(6-8-13)10-19(16(20)15(17)18)11-14-4-3-9-22-14/h3-9,15H,2,10-11H2,1H3. The van der Waals surface area contributed by atoms with Gasteiger partial charge in [0.05, 0.1) is 19.4 Å². The number of halogens is 2. The summed E-state index contributed by atoms with van der Waals surface area (Å²) in [4.78, 5) is 12.6. The summed E-state index contributed by atoms with van der Waals surface area (Å²) in [7, 11) is 0. The molecule has 0 spiro atoms. The van der Waals surface area contributed by atoms with Crippen molar-refractivity contribution in [3.8, 4) is 5.75 Å². The molecule has 118 valence electrons. The molecular weight excluding hydrogens is 325 g/mol. The number of furan rings is 1. The van der Waals surface area contributed by atoms with Crippen LogP contribution in [-0.4, -0.2) is 22.3 Å². The quantitative estimate of drug-likeness (QED) is 0.714. The Morgan fingerprint density at radius 1 is 1.23 bits per heavy atom. The third kappa shape index (κ3) is 4.68. The third-order valence-corrected chi connectivity index (χ3v) is 3.41. The van der Waals surface area contributed by atoms with E-state index in [1.54, 1.807) is 23.3 Å². The predicted octanol–water partition coefficient (Wildman–Crippen LogP) is 4.01. The van der Waals surface area contributed by atoms with Gasteiger partial charge in [0.15, 0.2) is 4.84 Å². The first kappa shape index (κ1) is 16.7. The van der Waals surface area contributed by atoms with Crippen molar-refractivity contribution < 1.29 is 13.9 Å².